The number of rotatable bonds is 10. The van der Waals surface area contributed by atoms with Gasteiger partial charge in [0.2, 0.25) is 5.91 Å². The van der Waals surface area contributed by atoms with Crippen molar-refractivity contribution in [3.63, 3.8) is 0 Å². The molecule has 0 spiro atoms. The molecule has 1 aromatic heterocycles. The van der Waals surface area contributed by atoms with Crippen LogP contribution in [0.3, 0.4) is 0 Å². The number of halogens is 2. The molecular weight excluding hydrogens is 521 g/mol. The Morgan fingerprint density at radius 2 is 2.00 bits per heavy atom. The molecule has 1 aliphatic rings. The van der Waals surface area contributed by atoms with Gasteiger partial charge in [-0.05, 0) is 37.3 Å². The lowest BCUT2D eigenvalue weighted by Crippen LogP contribution is -2.36. The highest BCUT2D eigenvalue weighted by Gasteiger charge is 2.21. The summed E-state index contributed by atoms with van der Waals surface area (Å²) in [6.45, 7) is 9.10. The minimum Gasteiger partial charge on any atom is -0.481 e. The molecule has 36 heavy (non-hydrogen) atoms. The third-order valence-corrected chi connectivity index (χ3v) is 7.06. The summed E-state index contributed by atoms with van der Waals surface area (Å²) in [6.07, 6.45) is 1.34. The van der Waals surface area contributed by atoms with E-state index in [0.29, 0.717) is 52.2 Å². The van der Waals surface area contributed by atoms with E-state index in [0.717, 1.165) is 18.8 Å². The van der Waals surface area contributed by atoms with Gasteiger partial charge in [0.05, 0.1) is 34.7 Å². The Hall–Kier alpha value is -2.72. The van der Waals surface area contributed by atoms with Gasteiger partial charge in [-0.25, -0.2) is 0 Å². The van der Waals surface area contributed by atoms with Crippen LogP contribution in [-0.2, 0) is 16.1 Å². The number of carbonyl (C=O) groups is 1. The zero-order valence-electron chi connectivity index (χ0n) is 19.8. The Kier molecular flexibility index (Phi) is 9.14. The van der Waals surface area contributed by atoms with E-state index in [1.54, 1.807) is 24.3 Å². The number of para-hydroxylation sites is 1. The summed E-state index contributed by atoms with van der Waals surface area (Å²) >= 11 is 14.0. The molecule has 3 aromatic rings. The molecule has 0 radical (unpaired) electrons. The molecule has 1 saturated heterocycles. The number of aromatic nitrogens is 3. The molecule has 1 atom stereocenters. The van der Waals surface area contributed by atoms with E-state index in [1.165, 1.54) is 11.8 Å². The summed E-state index contributed by atoms with van der Waals surface area (Å²) in [6, 6.07) is 12.8. The molecule has 11 heteroatoms. The third kappa shape index (κ3) is 6.53. The van der Waals surface area contributed by atoms with Gasteiger partial charge in [-0.2, -0.15) is 0 Å². The Morgan fingerprint density at radius 1 is 1.22 bits per heavy atom. The third-order valence-electron chi connectivity index (χ3n) is 5.48. The van der Waals surface area contributed by atoms with Crippen LogP contribution in [0.25, 0.3) is 0 Å². The molecule has 1 N–H and O–H groups in total. The van der Waals surface area contributed by atoms with Crippen molar-refractivity contribution in [1.82, 2.24) is 14.8 Å². The molecule has 1 aliphatic heterocycles. The van der Waals surface area contributed by atoms with E-state index in [1.807, 2.05) is 35.8 Å². The quantitative estimate of drug-likeness (QED) is 0.266. The van der Waals surface area contributed by atoms with Crippen LogP contribution in [-0.4, -0.2) is 52.7 Å². The molecule has 8 nitrogen and oxygen atoms in total. The highest BCUT2D eigenvalue weighted by atomic mass is 35.5. The molecular formula is C25H27Cl2N5O3S. The van der Waals surface area contributed by atoms with Crippen molar-refractivity contribution in [3.8, 4) is 5.75 Å². The number of benzene rings is 2. The lowest BCUT2D eigenvalue weighted by atomic mass is 10.2. The second kappa shape index (κ2) is 12.5. The van der Waals surface area contributed by atoms with Gasteiger partial charge >= 0.3 is 0 Å². The van der Waals surface area contributed by atoms with Crippen LogP contribution in [0.1, 0.15) is 18.9 Å². The number of allylic oxidation sites excluding steroid dienone is 1. The van der Waals surface area contributed by atoms with E-state index in [2.05, 4.69) is 27.0 Å². The number of hydrogen-bond acceptors (Lipinski definition) is 7. The van der Waals surface area contributed by atoms with Crippen molar-refractivity contribution in [3.05, 3.63) is 71.0 Å². The highest BCUT2D eigenvalue weighted by molar-refractivity contribution is 7.99. The molecule has 2 aromatic carbocycles. The molecule has 1 amide bonds. The fourth-order valence-electron chi connectivity index (χ4n) is 3.76. The van der Waals surface area contributed by atoms with Crippen molar-refractivity contribution in [2.45, 2.75) is 24.7 Å². The molecule has 0 aliphatic carbocycles. The molecule has 1 fully saturated rings. The normalized spacial score (nSPS) is 14.4. The van der Waals surface area contributed by atoms with Gasteiger partial charge in [-0.3, -0.25) is 9.36 Å². The predicted octanol–water partition coefficient (Wildman–Crippen LogP) is 5.48. The lowest BCUT2D eigenvalue weighted by Gasteiger charge is -2.29. The van der Waals surface area contributed by atoms with Crippen LogP contribution in [0.5, 0.6) is 5.75 Å². The Labute approximate surface area is 224 Å². The summed E-state index contributed by atoms with van der Waals surface area (Å²) in [5, 5.41) is 13.2. The fourth-order valence-corrected chi connectivity index (χ4v) is 5.00. The molecule has 1 unspecified atom stereocenters. The van der Waals surface area contributed by atoms with Crippen LogP contribution in [0.4, 0.5) is 11.4 Å². The van der Waals surface area contributed by atoms with E-state index in [9.17, 15) is 4.79 Å². The number of hydrogen-bond donors (Lipinski definition) is 1. The second-order valence-electron chi connectivity index (χ2n) is 8.03. The second-order valence-corrected chi connectivity index (χ2v) is 9.79. The van der Waals surface area contributed by atoms with E-state index >= 15 is 0 Å². The average molecular weight is 548 g/mol. The summed E-state index contributed by atoms with van der Waals surface area (Å²) in [7, 11) is 0. The summed E-state index contributed by atoms with van der Waals surface area (Å²) in [5.41, 5.74) is 1.57. The fraction of sp³-hybridized carbons (Fsp3) is 0.320. The maximum absolute atomic E-state index is 12.7. The summed E-state index contributed by atoms with van der Waals surface area (Å²) in [5.74, 6) is 1.15. The van der Waals surface area contributed by atoms with Gasteiger partial charge in [0.15, 0.2) is 17.1 Å². The van der Waals surface area contributed by atoms with Gasteiger partial charge < -0.3 is 19.7 Å². The van der Waals surface area contributed by atoms with Gasteiger partial charge in [0.25, 0.3) is 0 Å². The first-order valence-electron chi connectivity index (χ1n) is 11.5. The van der Waals surface area contributed by atoms with Crippen LogP contribution in [0.15, 0.2) is 60.3 Å². The first-order valence-corrected chi connectivity index (χ1v) is 13.2. The molecule has 2 heterocycles. The Balaban J connectivity index is 1.38. The number of ether oxygens (including phenoxy) is 2. The van der Waals surface area contributed by atoms with Crippen molar-refractivity contribution < 1.29 is 14.3 Å². The topological polar surface area (TPSA) is 81.5 Å². The molecule has 190 valence electrons. The summed E-state index contributed by atoms with van der Waals surface area (Å²) < 4.78 is 13.3. The number of nitrogens with zero attached hydrogens (tertiary/aromatic N) is 4. The number of morpholine rings is 1. The predicted molar refractivity (Wildman–Crippen MR) is 145 cm³/mol. The lowest BCUT2D eigenvalue weighted by molar-refractivity contribution is -0.113. The number of amides is 1. The largest absolute Gasteiger partial charge is 0.481 e. The minimum atomic E-state index is -0.410. The van der Waals surface area contributed by atoms with Crippen LogP contribution in [0.2, 0.25) is 10.0 Å². The molecule has 0 bridgehead atoms. The Morgan fingerprint density at radius 3 is 2.72 bits per heavy atom. The van der Waals surface area contributed by atoms with Crippen molar-refractivity contribution in [1.29, 1.82) is 0 Å². The van der Waals surface area contributed by atoms with Gasteiger partial charge in [-0.15, -0.1) is 16.8 Å². The highest BCUT2D eigenvalue weighted by Crippen LogP contribution is 2.31. The first-order chi connectivity index (χ1) is 17.5. The van der Waals surface area contributed by atoms with Gasteiger partial charge in [0.1, 0.15) is 5.75 Å². The number of nitrogens with one attached hydrogen (secondary N) is 1. The average Bonchev–Trinajstić information content (AvgIpc) is 3.27. The Bertz CT molecular complexity index is 1220. The smallest absolute Gasteiger partial charge is 0.234 e. The number of carbonyl (C=O) groups excluding carboxylic acids is 1. The first kappa shape index (κ1) is 26.3. The maximum Gasteiger partial charge on any atom is 0.234 e. The van der Waals surface area contributed by atoms with E-state index in [-0.39, 0.29) is 11.7 Å². The molecule has 0 saturated carbocycles. The number of anilines is 2. The zero-order chi connectivity index (χ0) is 25.5. The maximum atomic E-state index is 12.7. The van der Waals surface area contributed by atoms with E-state index < -0.39 is 6.10 Å². The monoisotopic (exact) mass is 547 g/mol. The minimum absolute atomic E-state index is 0.151. The molecule has 4 rings (SSSR count). The number of thioether (sulfide) groups is 1. The zero-order valence-corrected chi connectivity index (χ0v) is 22.2. The van der Waals surface area contributed by atoms with Crippen molar-refractivity contribution in [2.75, 3.05) is 42.3 Å². The SMILES string of the molecule is C=CCn1c(SCC(=O)Nc2ccc(N3CCOCC3)c(Cl)c2)nnc1C(C)Oc1ccccc1Cl. The summed E-state index contributed by atoms with van der Waals surface area (Å²) in [4.78, 5) is 14.8. The van der Waals surface area contributed by atoms with Gasteiger partial charge in [0, 0.05) is 25.3 Å². The standard InChI is InChI=1S/C25H27Cl2N5O3S/c1-3-10-32-24(17(2)35-22-7-5-4-6-19(22)26)29-30-25(32)36-16-23(33)28-18-8-9-21(20(27)15-18)31-11-13-34-14-12-31/h3-9,15,17H,1,10-14,16H2,2H3,(H,28,33). The van der Waals surface area contributed by atoms with Crippen LogP contribution in [0, 0.1) is 0 Å². The van der Waals surface area contributed by atoms with Crippen LogP contribution < -0.4 is 15.0 Å². The van der Waals surface area contributed by atoms with E-state index in [4.69, 9.17) is 32.7 Å². The van der Waals surface area contributed by atoms with Crippen LogP contribution >= 0.6 is 35.0 Å². The van der Waals surface area contributed by atoms with Crippen molar-refractivity contribution >= 4 is 52.2 Å². The van der Waals surface area contributed by atoms with Crippen molar-refractivity contribution in [2.24, 2.45) is 0 Å². The van der Waals surface area contributed by atoms with Gasteiger partial charge in [-0.1, -0.05) is 53.2 Å².